The van der Waals surface area contributed by atoms with Gasteiger partial charge in [0.25, 0.3) is 0 Å². The second-order valence-corrected chi connectivity index (χ2v) is 3.45. The first-order valence-corrected chi connectivity index (χ1v) is 4.88. The molecular formula is C9H15NS. The summed E-state index contributed by atoms with van der Waals surface area (Å²) in [5.74, 6) is 0.927. The van der Waals surface area contributed by atoms with Crippen molar-refractivity contribution in [2.24, 2.45) is 10.9 Å². The minimum absolute atomic E-state index is 0.897. The summed E-state index contributed by atoms with van der Waals surface area (Å²) in [6.07, 6.45) is 8.33. The van der Waals surface area contributed by atoms with E-state index in [4.69, 9.17) is 0 Å². The first kappa shape index (κ1) is 8.89. The summed E-state index contributed by atoms with van der Waals surface area (Å²) in [4.78, 5) is 3.93. The molecule has 0 amide bonds. The number of hydrogen-bond donors (Lipinski definition) is 0. The van der Waals surface area contributed by atoms with Crippen LogP contribution in [0.25, 0.3) is 0 Å². The van der Waals surface area contributed by atoms with Gasteiger partial charge in [-0.2, -0.15) is 0 Å². The van der Waals surface area contributed by atoms with E-state index in [0.717, 1.165) is 12.5 Å². The van der Waals surface area contributed by atoms with Crippen molar-refractivity contribution in [2.75, 3.05) is 6.54 Å². The third-order valence-electron chi connectivity index (χ3n) is 2.44. The zero-order valence-corrected chi connectivity index (χ0v) is 7.70. The molecule has 0 saturated heterocycles. The summed E-state index contributed by atoms with van der Waals surface area (Å²) >= 11 is 4.50. The molecule has 1 aliphatic rings. The van der Waals surface area contributed by atoms with Gasteiger partial charge in [-0.1, -0.05) is 32.1 Å². The van der Waals surface area contributed by atoms with Gasteiger partial charge >= 0.3 is 0 Å². The molecule has 0 heterocycles. The van der Waals surface area contributed by atoms with Crippen molar-refractivity contribution in [3.63, 3.8) is 0 Å². The van der Waals surface area contributed by atoms with Crippen molar-refractivity contribution in [3.8, 4) is 0 Å². The molecule has 0 aliphatic heterocycles. The summed E-state index contributed by atoms with van der Waals surface area (Å²) in [5.41, 5.74) is 0. The lowest BCUT2D eigenvalue weighted by Gasteiger charge is -2.19. The zero-order chi connectivity index (χ0) is 7.94. The third kappa shape index (κ3) is 3.64. The molecule has 2 heteroatoms. The van der Waals surface area contributed by atoms with Gasteiger partial charge < -0.3 is 0 Å². The van der Waals surface area contributed by atoms with Crippen LogP contribution in [-0.4, -0.2) is 11.7 Å². The fraction of sp³-hybridized carbons (Fsp3) is 0.889. The van der Waals surface area contributed by atoms with Gasteiger partial charge in [-0.3, -0.25) is 0 Å². The molecule has 0 aromatic rings. The summed E-state index contributed by atoms with van der Waals surface area (Å²) in [6.45, 7) is 0.897. The van der Waals surface area contributed by atoms with Crippen LogP contribution in [0.3, 0.4) is 0 Å². The Kier molecular flexibility index (Phi) is 4.41. The van der Waals surface area contributed by atoms with Crippen LogP contribution in [0.15, 0.2) is 4.99 Å². The van der Waals surface area contributed by atoms with Gasteiger partial charge in [0.05, 0.1) is 5.16 Å². The van der Waals surface area contributed by atoms with E-state index >= 15 is 0 Å². The van der Waals surface area contributed by atoms with Gasteiger partial charge in [0.1, 0.15) is 0 Å². The number of nitrogens with zero attached hydrogens (tertiary/aromatic N) is 1. The van der Waals surface area contributed by atoms with Gasteiger partial charge in [-0.05, 0) is 24.6 Å². The summed E-state index contributed by atoms with van der Waals surface area (Å²) in [7, 11) is 0. The van der Waals surface area contributed by atoms with Crippen LogP contribution in [0.1, 0.15) is 38.5 Å². The third-order valence-corrected chi connectivity index (χ3v) is 2.57. The van der Waals surface area contributed by atoms with E-state index in [1.54, 1.807) is 0 Å². The maximum absolute atomic E-state index is 4.50. The number of hydrogen-bond acceptors (Lipinski definition) is 2. The standard InChI is InChI=1S/C9H15NS/c11-8-10-7-6-9-4-2-1-3-5-9/h9H,1-7H2. The molecule has 1 nitrogen and oxygen atoms in total. The monoisotopic (exact) mass is 169 g/mol. The highest BCUT2D eigenvalue weighted by atomic mass is 32.1. The van der Waals surface area contributed by atoms with E-state index in [0.29, 0.717) is 0 Å². The average Bonchev–Trinajstić information content (AvgIpc) is 2.07. The molecule has 1 rings (SSSR count). The maximum atomic E-state index is 4.50. The lowest BCUT2D eigenvalue weighted by Crippen LogP contribution is -2.07. The van der Waals surface area contributed by atoms with Crippen molar-refractivity contribution >= 4 is 17.4 Å². The molecule has 62 valence electrons. The quantitative estimate of drug-likeness (QED) is 0.467. The first-order chi connectivity index (χ1) is 5.43. The fourth-order valence-electron chi connectivity index (χ4n) is 1.77. The molecular weight excluding hydrogens is 154 g/mol. The highest BCUT2D eigenvalue weighted by Gasteiger charge is 2.11. The van der Waals surface area contributed by atoms with Crippen molar-refractivity contribution in [2.45, 2.75) is 38.5 Å². The van der Waals surface area contributed by atoms with E-state index in [9.17, 15) is 0 Å². The Bertz CT molecular complexity index is 144. The molecule has 0 atom stereocenters. The van der Waals surface area contributed by atoms with Crippen molar-refractivity contribution in [3.05, 3.63) is 0 Å². The van der Waals surface area contributed by atoms with Crippen LogP contribution >= 0.6 is 12.2 Å². The minimum Gasteiger partial charge on any atom is -0.233 e. The van der Waals surface area contributed by atoms with Crippen molar-refractivity contribution < 1.29 is 0 Å². The summed E-state index contributed by atoms with van der Waals surface area (Å²) in [6, 6.07) is 0. The van der Waals surface area contributed by atoms with E-state index in [-0.39, 0.29) is 0 Å². The van der Waals surface area contributed by atoms with Crippen LogP contribution in [0, 0.1) is 5.92 Å². The molecule has 0 radical (unpaired) electrons. The highest BCUT2D eigenvalue weighted by Crippen LogP contribution is 2.25. The number of rotatable bonds is 3. The highest BCUT2D eigenvalue weighted by molar-refractivity contribution is 7.78. The molecule has 0 unspecified atom stereocenters. The molecule has 1 saturated carbocycles. The molecule has 0 N–H and O–H groups in total. The van der Waals surface area contributed by atoms with Gasteiger partial charge in [-0.15, -0.1) is 0 Å². The van der Waals surface area contributed by atoms with Crippen LogP contribution < -0.4 is 0 Å². The molecule has 0 aromatic carbocycles. The van der Waals surface area contributed by atoms with Gasteiger partial charge in [0.2, 0.25) is 0 Å². The molecule has 0 spiro atoms. The number of aliphatic imine (C=N–C) groups is 1. The lowest BCUT2D eigenvalue weighted by atomic mass is 9.87. The first-order valence-electron chi connectivity index (χ1n) is 4.47. The molecule has 0 aromatic heterocycles. The van der Waals surface area contributed by atoms with Gasteiger partial charge in [-0.25, -0.2) is 4.99 Å². The van der Waals surface area contributed by atoms with E-state index < -0.39 is 0 Å². The summed E-state index contributed by atoms with van der Waals surface area (Å²) < 4.78 is 0. The fourth-order valence-corrected chi connectivity index (χ4v) is 1.86. The van der Waals surface area contributed by atoms with E-state index in [1.807, 2.05) is 0 Å². The van der Waals surface area contributed by atoms with Crippen molar-refractivity contribution in [1.29, 1.82) is 0 Å². The van der Waals surface area contributed by atoms with E-state index in [2.05, 4.69) is 22.4 Å². The van der Waals surface area contributed by atoms with Crippen molar-refractivity contribution in [1.82, 2.24) is 0 Å². The Morgan fingerprint density at radius 1 is 1.27 bits per heavy atom. The number of thiocarbonyl (C=S) groups is 1. The normalized spacial score (nSPS) is 19.3. The van der Waals surface area contributed by atoms with Crippen LogP contribution in [-0.2, 0) is 0 Å². The Balaban J connectivity index is 2.09. The van der Waals surface area contributed by atoms with Gasteiger partial charge in [0.15, 0.2) is 0 Å². The summed E-state index contributed by atoms with van der Waals surface area (Å²) in [5, 5.41) is 2.42. The predicted molar refractivity (Wildman–Crippen MR) is 51.1 cm³/mol. The smallest absolute Gasteiger partial charge is 0.0584 e. The SMILES string of the molecule is S=C=NCCC1CCCCC1. The van der Waals surface area contributed by atoms with Crippen LogP contribution in [0.5, 0.6) is 0 Å². The Labute approximate surface area is 73.9 Å². The topological polar surface area (TPSA) is 12.4 Å². The van der Waals surface area contributed by atoms with Gasteiger partial charge in [0, 0.05) is 6.54 Å². The Morgan fingerprint density at radius 2 is 2.00 bits per heavy atom. The molecule has 1 fully saturated rings. The Hall–Kier alpha value is -0.200. The molecule has 1 aliphatic carbocycles. The van der Waals surface area contributed by atoms with Crippen LogP contribution in [0.2, 0.25) is 0 Å². The second kappa shape index (κ2) is 5.45. The maximum Gasteiger partial charge on any atom is 0.0584 e. The largest absolute Gasteiger partial charge is 0.233 e. The lowest BCUT2D eigenvalue weighted by molar-refractivity contribution is 0.343. The minimum atomic E-state index is 0.897. The number of isothiocyanates is 1. The second-order valence-electron chi connectivity index (χ2n) is 3.27. The van der Waals surface area contributed by atoms with E-state index in [1.165, 1.54) is 38.5 Å². The average molecular weight is 169 g/mol. The Morgan fingerprint density at radius 3 is 2.64 bits per heavy atom. The van der Waals surface area contributed by atoms with Crippen LogP contribution in [0.4, 0.5) is 0 Å². The molecule has 11 heavy (non-hydrogen) atoms. The molecule has 0 bridgehead atoms. The predicted octanol–water partition coefficient (Wildman–Crippen LogP) is 3.06. The zero-order valence-electron chi connectivity index (χ0n) is 6.88.